The highest BCUT2D eigenvalue weighted by Crippen LogP contribution is 2.09. The third kappa shape index (κ3) is 1.71. The molecule has 1 heterocycles. The quantitative estimate of drug-likeness (QED) is 0.468. The van der Waals surface area contributed by atoms with Crippen molar-refractivity contribution in [2.75, 3.05) is 0 Å². The standard InChI is InChI=1S/C6H5N2O3/c9-4-5-3-6(8(10)11)1-2-7-5/h1-3H,4H2. The van der Waals surface area contributed by atoms with E-state index in [9.17, 15) is 15.2 Å². The largest absolute Gasteiger partial charge is 0.272 e. The average Bonchev–Trinajstić information content (AvgIpc) is 2.05. The first-order chi connectivity index (χ1) is 5.24. The molecule has 0 N–H and O–H groups in total. The summed E-state index contributed by atoms with van der Waals surface area (Å²) in [6, 6.07) is 2.42. The molecule has 0 aliphatic carbocycles. The summed E-state index contributed by atoms with van der Waals surface area (Å²) in [5, 5.41) is 20.4. The van der Waals surface area contributed by atoms with Gasteiger partial charge in [-0.3, -0.25) is 15.1 Å². The summed E-state index contributed by atoms with van der Waals surface area (Å²) in [4.78, 5) is 13.2. The van der Waals surface area contributed by atoms with Gasteiger partial charge < -0.3 is 0 Å². The zero-order chi connectivity index (χ0) is 8.27. The summed E-state index contributed by atoms with van der Waals surface area (Å²) in [6.45, 7) is -0.526. The van der Waals surface area contributed by atoms with Crippen LogP contribution in [0.5, 0.6) is 0 Å². The molecule has 0 unspecified atom stereocenters. The average molecular weight is 153 g/mol. The Balaban J connectivity index is 3.01. The molecule has 5 heteroatoms. The molecule has 0 bridgehead atoms. The minimum Gasteiger partial charge on any atom is -0.258 e. The lowest BCUT2D eigenvalue weighted by atomic mass is 10.3. The first-order valence-electron chi connectivity index (χ1n) is 2.91. The van der Waals surface area contributed by atoms with Crippen LogP contribution in [0, 0.1) is 10.1 Å². The van der Waals surface area contributed by atoms with E-state index in [0.29, 0.717) is 0 Å². The van der Waals surface area contributed by atoms with Gasteiger partial charge >= 0.3 is 0 Å². The number of hydrogen-bond acceptors (Lipinski definition) is 3. The number of pyridine rings is 1. The molecule has 5 nitrogen and oxygen atoms in total. The maximum absolute atomic E-state index is 10.2. The zero-order valence-electron chi connectivity index (χ0n) is 5.56. The lowest BCUT2D eigenvalue weighted by Crippen LogP contribution is -1.92. The second-order valence-corrected chi connectivity index (χ2v) is 1.91. The van der Waals surface area contributed by atoms with Crippen molar-refractivity contribution >= 4 is 5.69 Å². The predicted octanol–water partition coefficient (Wildman–Crippen LogP) is 0.920. The van der Waals surface area contributed by atoms with Crippen molar-refractivity contribution in [3.63, 3.8) is 0 Å². The lowest BCUT2D eigenvalue weighted by molar-refractivity contribution is -0.385. The Morgan fingerprint density at radius 1 is 1.64 bits per heavy atom. The van der Waals surface area contributed by atoms with E-state index in [1.165, 1.54) is 18.3 Å². The Bertz CT molecular complexity index is 274. The third-order valence-electron chi connectivity index (χ3n) is 1.16. The van der Waals surface area contributed by atoms with Crippen molar-refractivity contribution in [2.24, 2.45) is 0 Å². The zero-order valence-corrected chi connectivity index (χ0v) is 5.56. The summed E-state index contributed by atoms with van der Waals surface area (Å²) >= 11 is 0. The summed E-state index contributed by atoms with van der Waals surface area (Å²) in [5.74, 6) is 0. The molecule has 0 saturated heterocycles. The Morgan fingerprint density at radius 2 is 2.36 bits per heavy atom. The van der Waals surface area contributed by atoms with Crippen molar-refractivity contribution in [1.82, 2.24) is 4.98 Å². The van der Waals surface area contributed by atoms with Gasteiger partial charge in [-0.15, -0.1) is 0 Å². The molecule has 1 rings (SSSR count). The normalized spacial score (nSPS) is 9.55. The van der Waals surface area contributed by atoms with Crippen LogP contribution in [-0.4, -0.2) is 9.91 Å². The lowest BCUT2D eigenvalue weighted by Gasteiger charge is -1.92. The van der Waals surface area contributed by atoms with Gasteiger partial charge in [0.05, 0.1) is 10.6 Å². The number of nitro groups is 1. The van der Waals surface area contributed by atoms with Crippen molar-refractivity contribution in [3.05, 3.63) is 34.1 Å². The van der Waals surface area contributed by atoms with E-state index in [0.717, 1.165) is 0 Å². The summed E-state index contributed by atoms with van der Waals surface area (Å²) in [5.41, 5.74) is 0.102. The van der Waals surface area contributed by atoms with Gasteiger partial charge in [-0.25, -0.2) is 5.11 Å². The monoisotopic (exact) mass is 153 g/mol. The molecule has 0 saturated carbocycles. The molecule has 11 heavy (non-hydrogen) atoms. The van der Waals surface area contributed by atoms with Crippen molar-refractivity contribution in [1.29, 1.82) is 0 Å². The molecular weight excluding hydrogens is 148 g/mol. The van der Waals surface area contributed by atoms with Crippen molar-refractivity contribution < 1.29 is 10.0 Å². The highest BCUT2D eigenvalue weighted by atomic mass is 16.6. The van der Waals surface area contributed by atoms with Gasteiger partial charge in [0.25, 0.3) is 5.69 Å². The minimum atomic E-state index is -0.555. The first-order valence-corrected chi connectivity index (χ1v) is 2.91. The number of nitrogens with zero attached hydrogens (tertiary/aromatic N) is 2. The summed E-state index contributed by atoms with van der Waals surface area (Å²) in [7, 11) is 0. The van der Waals surface area contributed by atoms with E-state index in [-0.39, 0.29) is 11.4 Å². The maximum atomic E-state index is 10.2. The van der Waals surface area contributed by atoms with Crippen molar-refractivity contribution in [2.45, 2.75) is 6.61 Å². The molecule has 0 aliphatic rings. The fraction of sp³-hybridized carbons (Fsp3) is 0.167. The third-order valence-corrected chi connectivity index (χ3v) is 1.16. The Kier molecular flexibility index (Phi) is 2.12. The van der Waals surface area contributed by atoms with Gasteiger partial charge in [-0.1, -0.05) is 0 Å². The Hall–Kier alpha value is -1.49. The molecule has 1 radical (unpaired) electrons. The van der Waals surface area contributed by atoms with E-state index in [1.54, 1.807) is 0 Å². The molecule has 0 aliphatic heterocycles. The fourth-order valence-electron chi connectivity index (χ4n) is 0.658. The van der Waals surface area contributed by atoms with Gasteiger partial charge in [0, 0.05) is 18.3 Å². The summed E-state index contributed by atoms with van der Waals surface area (Å²) in [6.07, 6.45) is 1.26. The van der Waals surface area contributed by atoms with Crippen LogP contribution < -0.4 is 0 Å². The van der Waals surface area contributed by atoms with E-state index in [2.05, 4.69) is 4.98 Å². The van der Waals surface area contributed by atoms with Gasteiger partial charge in [0.2, 0.25) is 0 Å². The van der Waals surface area contributed by atoms with Gasteiger partial charge in [0.1, 0.15) is 6.61 Å². The molecule has 0 atom stereocenters. The van der Waals surface area contributed by atoms with Crippen LogP contribution in [0.3, 0.4) is 0 Å². The smallest absolute Gasteiger partial charge is 0.258 e. The van der Waals surface area contributed by atoms with Crippen LogP contribution in [0.4, 0.5) is 5.69 Å². The van der Waals surface area contributed by atoms with Crippen LogP contribution in [-0.2, 0) is 11.7 Å². The number of rotatable bonds is 2. The molecule has 0 spiro atoms. The summed E-state index contributed by atoms with van der Waals surface area (Å²) < 4.78 is 0. The second kappa shape index (κ2) is 3.07. The SMILES string of the molecule is [O]Cc1cc([N+](=O)[O-])ccn1. The molecular formula is C6H5N2O3. The Labute approximate surface area is 62.5 Å². The van der Waals surface area contributed by atoms with Crippen LogP contribution in [0.1, 0.15) is 5.69 Å². The van der Waals surface area contributed by atoms with E-state index in [4.69, 9.17) is 0 Å². The predicted molar refractivity (Wildman–Crippen MR) is 35.3 cm³/mol. The van der Waals surface area contributed by atoms with Crippen LogP contribution in [0.15, 0.2) is 18.3 Å². The molecule has 0 aromatic carbocycles. The van der Waals surface area contributed by atoms with Gasteiger partial charge in [0.15, 0.2) is 0 Å². The van der Waals surface area contributed by atoms with Crippen LogP contribution in [0.2, 0.25) is 0 Å². The highest BCUT2D eigenvalue weighted by Gasteiger charge is 2.05. The van der Waals surface area contributed by atoms with E-state index >= 15 is 0 Å². The highest BCUT2D eigenvalue weighted by molar-refractivity contribution is 5.29. The van der Waals surface area contributed by atoms with Crippen LogP contribution >= 0.6 is 0 Å². The number of aromatic nitrogens is 1. The van der Waals surface area contributed by atoms with E-state index in [1.807, 2.05) is 0 Å². The van der Waals surface area contributed by atoms with Crippen molar-refractivity contribution in [3.8, 4) is 0 Å². The molecule has 0 amide bonds. The second-order valence-electron chi connectivity index (χ2n) is 1.91. The van der Waals surface area contributed by atoms with E-state index < -0.39 is 11.5 Å². The number of hydrogen-bond donors (Lipinski definition) is 0. The fourth-order valence-corrected chi connectivity index (χ4v) is 0.658. The molecule has 0 fully saturated rings. The first kappa shape index (κ1) is 7.62. The van der Waals surface area contributed by atoms with Crippen LogP contribution in [0.25, 0.3) is 0 Å². The maximum Gasteiger partial charge on any atom is 0.272 e. The van der Waals surface area contributed by atoms with Gasteiger partial charge in [-0.2, -0.15) is 0 Å². The molecule has 57 valence electrons. The molecule has 1 aromatic heterocycles. The minimum absolute atomic E-state index is 0.0918. The topological polar surface area (TPSA) is 75.9 Å². The Morgan fingerprint density at radius 3 is 2.91 bits per heavy atom. The molecule has 1 aromatic rings. The van der Waals surface area contributed by atoms with Gasteiger partial charge in [-0.05, 0) is 0 Å².